The molecule has 2 saturated heterocycles. The Labute approximate surface area is 170 Å². The SMILES string of the molecule is O=C1N(Cc2ccccc2)CCCC12CCCN2Cc1ccc(OC(F)F)cc1. The summed E-state index contributed by atoms with van der Waals surface area (Å²) in [5.41, 5.74) is 1.71. The van der Waals surface area contributed by atoms with E-state index in [9.17, 15) is 13.6 Å². The Morgan fingerprint density at radius 2 is 1.55 bits per heavy atom. The van der Waals surface area contributed by atoms with E-state index in [2.05, 4.69) is 21.8 Å². The van der Waals surface area contributed by atoms with Crippen molar-refractivity contribution < 1.29 is 18.3 Å². The van der Waals surface area contributed by atoms with Crippen molar-refractivity contribution in [3.8, 4) is 5.75 Å². The van der Waals surface area contributed by atoms with Gasteiger partial charge in [-0.2, -0.15) is 8.78 Å². The predicted octanol–water partition coefficient (Wildman–Crippen LogP) is 4.45. The molecule has 1 spiro atoms. The molecule has 29 heavy (non-hydrogen) atoms. The molecular weight excluding hydrogens is 374 g/mol. The molecular formula is C23H26F2N2O2. The monoisotopic (exact) mass is 400 g/mol. The maximum Gasteiger partial charge on any atom is 0.387 e. The van der Waals surface area contributed by atoms with Crippen LogP contribution in [0.3, 0.4) is 0 Å². The third kappa shape index (κ3) is 4.27. The van der Waals surface area contributed by atoms with Gasteiger partial charge in [0.1, 0.15) is 11.3 Å². The van der Waals surface area contributed by atoms with Crippen molar-refractivity contribution in [3.05, 3.63) is 65.7 Å². The van der Waals surface area contributed by atoms with E-state index in [-0.39, 0.29) is 11.7 Å². The van der Waals surface area contributed by atoms with Gasteiger partial charge in [-0.1, -0.05) is 42.5 Å². The van der Waals surface area contributed by atoms with Gasteiger partial charge in [0.25, 0.3) is 0 Å². The lowest BCUT2D eigenvalue weighted by molar-refractivity contribution is -0.148. The van der Waals surface area contributed by atoms with Crippen LogP contribution in [0.5, 0.6) is 5.75 Å². The number of rotatable bonds is 6. The van der Waals surface area contributed by atoms with Gasteiger partial charge in [0.15, 0.2) is 0 Å². The average Bonchev–Trinajstić information content (AvgIpc) is 3.10. The first-order chi connectivity index (χ1) is 14.1. The first kappa shape index (κ1) is 19.8. The Bertz CT molecular complexity index is 829. The summed E-state index contributed by atoms with van der Waals surface area (Å²) >= 11 is 0. The molecule has 0 saturated carbocycles. The van der Waals surface area contributed by atoms with Gasteiger partial charge in [-0.3, -0.25) is 9.69 Å². The molecule has 4 nitrogen and oxygen atoms in total. The fraction of sp³-hybridized carbons (Fsp3) is 0.435. The molecule has 1 amide bonds. The topological polar surface area (TPSA) is 32.8 Å². The summed E-state index contributed by atoms with van der Waals surface area (Å²) in [6, 6.07) is 16.8. The van der Waals surface area contributed by atoms with Gasteiger partial charge >= 0.3 is 6.61 Å². The molecule has 2 fully saturated rings. The molecule has 154 valence electrons. The van der Waals surface area contributed by atoms with Crippen LogP contribution in [0.15, 0.2) is 54.6 Å². The summed E-state index contributed by atoms with van der Waals surface area (Å²) in [6.45, 7) is 0.135. The summed E-state index contributed by atoms with van der Waals surface area (Å²) in [5, 5.41) is 0. The number of amides is 1. The maximum atomic E-state index is 13.5. The molecule has 0 radical (unpaired) electrons. The van der Waals surface area contributed by atoms with E-state index < -0.39 is 12.2 Å². The van der Waals surface area contributed by atoms with Crippen molar-refractivity contribution in [3.63, 3.8) is 0 Å². The molecule has 2 aliphatic rings. The van der Waals surface area contributed by atoms with Crippen molar-refractivity contribution in [2.45, 2.75) is 50.9 Å². The molecule has 2 aromatic carbocycles. The Kier molecular flexibility index (Phi) is 5.81. The molecule has 6 heteroatoms. The number of benzene rings is 2. The van der Waals surface area contributed by atoms with E-state index in [4.69, 9.17) is 0 Å². The van der Waals surface area contributed by atoms with Crippen molar-refractivity contribution in [1.29, 1.82) is 0 Å². The Hall–Kier alpha value is -2.47. The second-order valence-corrected chi connectivity index (χ2v) is 7.90. The molecule has 2 aromatic rings. The van der Waals surface area contributed by atoms with E-state index in [0.29, 0.717) is 13.1 Å². The third-order valence-corrected chi connectivity index (χ3v) is 6.07. The average molecular weight is 400 g/mol. The Morgan fingerprint density at radius 3 is 2.24 bits per heavy atom. The van der Waals surface area contributed by atoms with Gasteiger partial charge in [0.2, 0.25) is 5.91 Å². The van der Waals surface area contributed by atoms with Crippen LogP contribution >= 0.6 is 0 Å². The molecule has 0 aromatic heterocycles. The summed E-state index contributed by atoms with van der Waals surface area (Å²) in [4.78, 5) is 17.8. The number of nitrogens with zero attached hydrogens (tertiary/aromatic N) is 2. The first-order valence-electron chi connectivity index (χ1n) is 10.2. The minimum absolute atomic E-state index is 0.155. The van der Waals surface area contributed by atoms with Crippen LogP contribution in [0.2, 0.25) is 0 Å². The highest BCUT2D eigenvalue weighted by atomic mass is 19.3. The summed E-state index contributed by atoms with van der Waals surface area (Å²) < 4.78 is 29.1. The number of hydrogen-bond acceptors (Lipinski definition) is 3. The molecule has 2 aliphatic heterocycles. The van der Waals surface area contributed by atoms with Crippen LogP contribution in [0.1, 0.15) is 36.8 Å². The number of likely N-dealkylation sites (tertiary alicyclic amines) is 2. The fourth-order valence-corrected chi connectivity index (χ4v) is 4.71. The van der Waals surface area contributed by atoms with Crippen molar-refractivity contribution in [2.24, 2.45) is 0 Å². The fourth-order valence-electron chi connectivity index (χ4n) is 4.71. The first-order valence-corrected chi connectivity index (χ1v) is 10.2. The summed E-state index contributed by atoms with van der Waals surface area (Å²) in [7, 11) is 0. The minimum atomic E-state index is -2.82. The van der Waals surface area contributed by atoms with Crippen molar-refractivity contribution in [2.75, 3.05) is 13.1 Å². The van der Waals surface area contributed by atoms with Gasteiger partial charge in [0, 0.05) is 19.6 Å². The number of hydrogen-bond donors (Lipinski definition) is 0. The van der Waals surface area contributed by atoms with Crippen LogP contribution < -0.4 is 4.74 Å². The predicted molar refractivity (Wildman–Crippen MR) is 107 cm³/mol. The van der Waals surface area contributed by atoms with Crippen LogP contribution in [0.4, 0.5) is 8.78 Å². The van der Waals surface area contributed by atoms with Gasteiger partial charge in [-0.15, -0.1) is 0 Å². The summed E-state index contributed by atoms with van der Waals surface area (Å²) in [6.07, 6.45) is 3.75. The van der Waals surface area contributed by atoms with Gasteiger partial charge in [0.05, 0.1) is 0 Å². The Balaban J connectivity index is 1.47. The number of alkyl halides is 2. The van der Waals surface area contributed by atoms with E-state index in [1.165, 1.54) is 0 Å². The highest BCUT2D eigenvalue weighted by molar-refractivity contribution is 5.87. The number of halogens is 2. The number of carbonyl (C=O) groups excluding carboxylic acids is 1. The molecule has 1 unspecified atom stereocenters. The van der Waals surface area contributed by atoms with Gasteiger partial charge < -0.3 is 9.64 Å². The van der Waals surface area contributed by atoms with Gasteiger partial charge in [-0.25, -0.2) is 0 Å². The largest absolute Gasteiger partial charge is 0.435 e. The minimum Gasteiger partial charge on any atom is -0.435 e. The smallest absolute Gasteiger partial charge is 0.387 e. The van der Waals surface area contributed by atoms with Crippen LogP contribution in [0, 0.1) is 0 Å². The van der Waals surface area contributed by atoms with E-state index in [0.717, 1.165) is 49.9 Å². The number of ether oxygens (including phenoxy) is 1. The molecule has 0 bridgehead atoms. The van der Waals surface area contributed by atoms with Crippen LogP contribution in [-0.4, -0.2) is 40.9 Å². The van der Waals surface area contributed by atoms with Crippen LogP contribution in [0.25, 0.3) is 0 Å². The van der Waals surface area contributed by atoms with E-state index in [1.807, 2.05) is 23.1 Å². The van der Waals surface area contributed by atoms with Crippen molar-refractivity contribution >= 4 is 5.91 Å². The lowest BCUT2D eigenvalue weighted by atomic mass is 9.85. The quantitative estimate of drug-likeness (QED) is 0.719. The molecule has 0 N–H and O–H groups in total. The molecule has 0 aliphatic carbocycles. The standard InChI is InChI=1S/C23H26F2N2O2/c24-22(25)29-20-10-8-19(9-11-20)17-27-15-5-13-23(27)12-4-14-26(21(23)28)16-18-6-2-1-3-7-18/h1-3,6-11,22H,4-5,12-17H2. The molecule has 1 atom stereocenters. The van der Waals surface area contributed by atoms with E-state index in [1.54, 1.807) is 24.3 Å². The lowest BCUT2D eigenvalue weighted by Crippen LogP contribution is -2.59. The maximum absolute atomic E-state index is 13.5. The highest BCUT2D eigenvalue weighted by Crippen LogP contribution is 2.39. The molecule has 4 rings (SSSR count). The Morgan fingerprint density at radius 1 is 0.897 bits per heavy atom. The third-order valence-electron chi connectivity index (χ3n) is 6.07. The lowest BCUT2D eigenvalue weighted by Gasteiger charge is -2.44. The number of carbonyl (C=O) groups is 1. The van der Waals surface area contributed by atoms with Crippen molar-refractivity contribution in [1.82, 2.24) is 9.80 Å². The van der Waals surface area contributed by atoms with E-state index >= 15 is 0 Å². The number of piperidine rings is 1. The molecule has 2 heterocycles. The highest BCUT2D eigenvalue weighted by Gasteiger charge is 2.50. The zero-order valence-electron chi connectivity index (χ0n) is 16.4. The van der Waals surface area contributed by atoms with Crippen LogP contribution in [-0.2, 0) is 17.9 Å². The zero-order chi connectivity index (χ0) is 20.3. The zero-order valence-corrected chi connectivity index (χ0v) is 16.4. The second kappa shape index (κ2) is 8.49. The van der Waals surface area contributed by atoms with Gasteiger partial charge in [-0.05, 0) is 55.5 Å². The summed E-state index contributed by atoms with van der Waals surface area (Å²) in [5.74, 6) is 0.380. The second-order valence-electron chi connectivity index (χ2n) is 7.90. The normalized spacial score (nSPS) is 22.6.